The van der Waals surface area contributed by atoms with E-state index >= 15 is 0 Å². The Hall–Kier alpha value is -1.27. The van der Waals surface area contributed by atoms with Crippen molar-refractivity contribution >= 4 is 23.0 Å². The van der Waals surface area contributed by atoms with E-state index in [2.05, 4.69) is 27.3 Å². The standard InChI is InChI=1S/C12H21N5S/c1-7(6-17(4)5)14-12-10(11(13)18)8(2)9(3)15-16-12/h7H,6H2,1-5H3,(H2,13,18)(H,14,16). The summed E-state index contributed by atoms with van der Waals surface area (Å²) in [5.74, 6) is 0.667. The van der Waals surface area contributed by atoms with Gasteiger partial charge in [0.2, 0.25) is 0 Å². The Morgan fingerprint density at radius 3 is 2.50 bits per heavy atom. The molecule has 1 unspecified atom stereocenters. The van der Waals surface area contributed by atoms with Gasteiger partial charge in [-0.15, -0.1) is 5.10 Å². The third kappa shape index (κ3) is 3.61. The second-order valence-electron chi connectivity index (χ2n) is 4.81. The van der Waals surface area contributed by atoms with Crippen LogP contribution >= 0.6 is 12.2 Å². The average Bonchev–Trinajstić information content (AvgIpc) is 2.21. The molecule has 0 saturated heterocycles. The third-order valence-electron chi connectivity index (χ3n) is 2.72. The Balaban J connectivity index is 3.02. The highest BCUT2D eigenvalue weighted by molar-refractivity contribution is 7.80. The van der Waals surface area contributed by atoms with Gasteiger partial charge in [0.05, 0.1) is 11.3 Å². The van der Waals surface area contributed by atoms with Crippen LogP contribution in [0.3, 0.4) is 0 Å². The van der Waals surface area contributed by atoms with Crippen LogP contribution in [0.5, 0.6) is 0 Å². The zero-order valence-electron chi connectivity index (χ0n) is 11.6. The van der Waals surface area contributed by atoms with E-state index in [0.717, 1.165) is 23.4 Å². The zero-order chi connectivity index (χ0) is 13.9. The monoisotopic (exact) mass is 267 g/mol. The van der Waals surface area contributed by atoms with Gasteiger partial charge in [0, 0.05) is 12.6 Å². The largest absolute Gasteiger partial charge is 0.389 e. The van der Waals surface area contributed by atoms with Crippen LogP contribution in [0.15, 0.2) is 0 Å². The van der Waals surface area contributed by atoms with E-state index in [4.69, 9.17) is 18.0 Å². The van der Waals surface area contributed by atoms with E-state index in [9.17, 15) is 0 Å². The van der Waals surface area contributed by atoms with Crippen LogP contribution in [0, 0.1) is 13.8 Å². The SMILES string of the molecule is Cc1nnc(NC(C)CN(C)C)c(C(N)=S)c1C. The van der Waals surface area contributed by atoms with Crippen molar-refractivity contribution in [2.75, 3.05) is 26.0 Å². The number of aryl methyl sites for hydroxylation is 1. The van der Waals surface area contributed by atoms with E-state index < -0.39 is 0 Å². The first kappa shape index (κ1) is 14.8. The average molecular weight is 267 g/mol. The molecule has 0 amide bonds. The topological polar surface area (TPSA) is 67.1 Å². The summed E-state index contributed by atoms with van der Waals surface area (Å²) < 4.78 is 0. The minimum Gasteiger partial charge on any atom is -0.389 e. The number of aromatic nitrogens is 2. The Morgan fingerprint density at radius 2 is 2.00 bits per heavy atom. The number of anilines is 1. The molecule has 100 valence electrons. The van der Waals surface area contributed by atoms with Gasteiger partial charge in [-0.1, -0.05) is 12.2 Å². The van der Waals surface area contributed by atoms with E-state index in [1.165, 1.54) is 0 Å². The molecule has 1 atom stereocenters. The van der Waals surface area contributed by atoms with Crippen molar-refractivity contribution in [2.24, 2.45) is 5.73 Å². The molecule has 0 aliphatic rings. The summed E-state index contributed by atoms with van der Waals surface area (Å²) in [6, 6.07) is 0.240. The molecule has 1 heterocycles. The van der Waals surface area contributed by atoms with Gasteiger partial charge < -0.3 is 16.0 Å². The predicted molar refractivity (Wildman–Crippen MR) is 79.0 cm³/mol. The maximum absolute atomic E-state index is 5.77. The number of likely N-dealkylation sites (N-methyl/N-ethyl adjacent to an activating group) is 1. The van der Waals surface area contributed by atoms with E-state index in [1.54, 1.807) is 0 Å². The second-order valence-corrected chi connectivity index (χ2v) is 5.25. The van der Waals surface area contributed by atoms with Crippen LogP contribution in [0.1, 0.15) is 23.7 Å². The molecule has 1 rings (SSSR count). The lowest BCUT2D eigenvalue weighted by atomic mass is 10.1. The number of hydrogen-bond donors (Lipinski definition) is 2. The highest BCUT2D eigenvalue weighted by Crippen LogP contribution is 2.18. The molecule has 18 heavy (non-hydrogen) atoms. The molecule has 6 heteroatoms. The molecule has 0 aliphatic heterocycles. The smallest absolute Gasteiger partial charge is 0.159 e. The predicted octanol–water partition coefficient (Wildman–Crippen LogP) is 1.09. The van der Waals surface area contributed by atoms with Crippen LogP contribution in [0.4, 0.5) is 5.82 Å². The maximum Gasteiger partial charge on any atom is 0.159 e. The van der Waals surface area contributed by atoms with Crippen molar-refractivity contribution in [2.45, 2.75) is 26.8 Å². The van der Waals surface area contributed by atoms with Crippen molar-refractivity contribution in [1.29, 1.82) is 0 Å². The number of nitrogens with one attached hydrogen (secondary N) is 1. The van der Waals surface area contributed by atoms with Crippen molar-refractivity contribution in [3.05, 3.63) is 16.8 Å². The van der Waals surface area contributed by atoms with Gasteiger partial charge in [-0.25, -0.2) is 0 Å². The van der Waals surface area contributed by atoms with Crippen molar-refractivity contribution in [3.63, 3.8) is 0 Å². The fourth-order valence-corrected chi connectivity index (χ4v) is 2.09. The molecular weight excluding hydrogens is 246 g/mol. The normalized spacial score (nSPS) is 12.6. The lowest BCUT2D eigenvalue weighted by Gasteiger charge is -2.20. The minimum atomic E-state index is 0.240. The molecule has 1 aromatic heterocycles. The number of nitrogens with two attached hydrogens (primary N) is 1. The lowest BCUT2D eigenvalue weighted by molar-refractivity contribution is 0.391. The molecule has 0 bridgehead atoms. The first-order valence-corrected chi connectivity index (χ1v) is 6.28. The summed E-state index contributed by atoms with van der Waals surface area (Å²) in [6.07, 6.45) is 0. The van der Waals surface area contributed by atoms with Crippen LogP contribution in [-0.4, -0.2) is 46.8 Å². The lowest BCUT2D eigenvalue weighted by Crippen LogP contribution is -2.31. The molecule has 0 aliphatic carbocycles. The van der Waals surface area contributed by atoms with Gasteiger partial charge in [0.25, 0.3) is 0 Å². The number of thiocarbonyl (C=S) groups is 1. The molecule has 0 fully saturated rings. The Kier molecular flexibility index (Phi) is 4.98. The van der Waals surface area contributed by atoms with Gasteiger partial charge in [-0.2, -0.15) is 5.10 Å². The second kappa shape index (κ2) is 6.06. The molecular formula is C12H21N5S. The molecule has 5 nitrogen and oxygen atoms in total. The van der Waals surface area contributed by atoms with E-state index in [1.807, 2.05) is 27.9 Å². The minimum absolute atomic E-state index is 0.240. The van der Waals surface area contributed by atoms with Crippen LogP contribution < -0.4 is 11.1 Å². The highest BCUT2D eigenvalue weighted by atomic mass is 32.1. The number of hydrogen-bond acceptors (Lipinski definition) is 5. The summed E-state index contributed by atoms with van der Waals surface area (Å²) in [7, 11) is 4.05. The summed E-state index contributed by atoms with van der Waals surface area (Å²) in [4.78, 5) is 2.46. The summed E-state index contributed by atoms with van der Waals surface area (Å²) in [5, 5.41) is 11.6. The maximum atomic E-state index is 5.77. The fraction of sp³-hybridized carbons (Fsp3) is 0.583. The van der Waals surface area contributed by atoms with E-state index in [0.29, 0.717) is 10.8 Å². The van der Waals surface area contributed by atoms with Gasteiger partial charge in [-0.05, 0) is 40.4 Å². The Labute approximate surface area is 114 Å². The van der Waals surface area contributed by atoms with Crippen molar-refractivity contribution < 1.29 is 0 Å². The summed E-state index contributed by atoms with van der Waals surface area (Å²) in [5.41, 5.74) is 8.40. The molecule has 0 saturated carbocycles. The quantitative estimate of drug-likeness (QED) is 0.779. The number of nitrogens with zero attached hydrogens (tertiary/aromatic N) is 3. The first-order chi connectivity index (χ1) is 8.32. The number of rotatable bonds is 5. The molecule has 0 spiro atoms. The van der Waals surface area contributed by atoms with Crippen LogP contribution in [-0.2, 0) is 0 Å². The fourth-order valence-electron chi connectivity index (χ4n) is 1.84. The molecule has 0 radical (unpaired) electrons. The highest BCUT2D eigenvalue weighted by Gasteiger charge is 2.15. The Bertz CT molecular complexity index is 444. The first-order valence-electron chi connectivity index (χ1n) is 5.87. The Morgan fingerprint density at radius 1 is 1.39 bits per heavy atom. The summed E-state index contributed by atoms with van der Waals surface area (Å²) in [6.45, 7) is 6.84. The van der Waals surface area contributed by atoms with Gasteiger partial charge in [-0.3, -0.25) is 0 Å². The molecule has 3 N–H and O–H groups in total. The van der Waals surface area contributed by atoms with Gasteiger partial charge in [0.1, 0.15) is 4.99 Å². The van der Waals surface area contributed by atoms with E-state index in [-0.39, 0.29) is 6.04 Å². The molecule has 1 aromatic rings. The van der Waals surface area contributed by atoms with Gasteiger partial charge in [0.15, 0.2) is 5.82 Å². The van der Waals surface area contributed by atoms with Crippen molar-refractivity contribution in [1.82, 2.24) is 15.1 Å². The van der Waals surface area contributed by atoms with Crippen molar-refractivity contribution in [3.8, 4) is 0 Å². The van der Waals surface area contributed by atoms with Crippen LogP contribution in [0.25, 0.3) is 0 Å². The summed E-state index contributed by atoms with van der Waals surface area (Å²) >= 11 is 5.10. The zero-order valence-corrected chi connectivity index (χ0v) is 12.4. The molecule has 0 aromatic carbocycles. The van der Waals surface area contributed by atoms with Crippen LogP contribution in [0.2, 0.25) is 0 Å². The van der Waals surface area contributed by atoms with Gasteiger partial charge >= 0.3 is 0 Å². The third-order valence-corrected chi connectivity index (χ3v) is 2.93.